The molecule has 0 radical (unpaired) electrons. The van der Waals surface area contributed by atoms with Crippen LogP contribution in [0.4, 0.5) is 0 Å². The highest BCUT2D eigenvalue weighted by molar-refractivity contribution is 14.1. The van der Waals surface area contributed by atoms with Gasteiger partial charge in [-0.3, -0.25) is 0 Å². The van der Waals surface area contributed by atoms with Crippen LogP contribution in [0, 0.1) is 3.57 Å². The molecule has 0 saturated carbocycles. The van der Waals surface area contributed by atoms with Crippen LogP contribution in [0.25, 0.3) is 10.7 Å². The van der Waals surface area contributed by atoms with Gasteiger partial charge in [-0.05, 0) is 44.6 Å². The van der Waals surface area contributed by atoms with Crippen LogP contribution in [0.2, 0.25) is 5.15 Å². The van der Waals surface area contributed by atoms with E-state index in [0.29, 0.717) is 17.6 Å². The van der Waals surface area contributed by atoms with Crippen LogP contribution in [0.5, 0.6) is 0 Å². The topological polar surface area (TPSA) is 35.0 Å². The highest BCUT2D eigenvalue weighted by Gasteiger charge is 2.13. The van der Waals surface area contributed by atoms with E-state index in [4.69, 9.17) is 16.3 Å². The lowest BCUT2D eigenvalue weighted by Gasteiger charge is -2.06. The molecule has 2 aromatic heterocycles. The second-order valence-corrected chi connectivity index (χ2v) is 6.42. The number of ether oxygens (including phenoxy) is 1. The highest BCUT2D eigenvalue weighted by Crippen LogP contribution is 2.30. The van der Waals surface area contributed by atoms with Gasteiger partial charge in [0, 0.05) is 17.0 Å². The molecule has 0 aliphatic heterocycles. The molecule has 2 rings (SSSR count). The summed E-state index contributed by atoms with van der Waals surface area (Å²) in [6, 6.07) is 1.97. The van der Waals surface area contributed by atoms with E-state index < -0.39 is 0 Å². The lowest BCUT2D eigenvalue weighted by Crippen LogP contribution is -2.01. The Hall–Kier alpha value is 0.240. The van der Waals surface area contributed by atoms with Crippen molar-refractivity contribution in [3.8, 4) is 10.7 Å². The molecule has 0 aromatic carbocycles. The van der Waals surface area contributed by atoms with Crippen molar-refractivity contribution in [2.75, 3.05) is 7.11 Å². The molecule has 0 fully saturated rings. The molecule has 0 bridgehead atoms. The van der Waals surface area contributed by atoms with Gasteiger partial charge in [-0.2, -0.15) is 0 Å². The fourth-order valence-corrected chi connectivity index (χ4v) is 3.18. The lowest BCUT2D eigenvalue weighted by atomic mass is 10.4. The quantitative estimate of drug-likeness (QED) is 0.520. The Morgan fingerprint density at radius 2 is 2.29 bits per heavy atom. The summed E-state index contributed by atoms with van der Waals surface area (Å²) in [6.07, 6.45) is 0. The first-order chi connectivity index (χ1) is 8.11. The van der Waals surface area contributed by atoms with E-state index in [-0.39, 0.29) is 0 Å². The minimum Gasteiger partial charge on any atom is -0.378 e. The third-order valence-corrected chi connectivity index (χ3v) is 5.36. The van der Waals surface area contributed by atoms with Crippen molar-refractivity contribution in [1.29, 1.82) is 0 Å². The van der Waals surface area contributed by atoms with E-state index in [1.807, 2.05) is 11.4 Å². The average Bonchev–Trinajstić information content (AvgIpc) is 2.71. The molecule has 2 heterocycles. The Bertz CT molecular complexity index is 549. The SMILES string of the molecule is COCc1nc(-c2cc(Br)cs2)nc(Cl)c1I. The zero-order valence-corrected chi connectivity index (χ0v) is 14.0. The molecule has 0 N–H and O–H groups in total. The number of thiophene rings is 1. The smallest absolute Gasteiger partial charge is 0.171 e. The van der Waals surface area contributed by atoms with Crippen LogP contribution in [-0.2, 0) is 11.3 Å². The van der Waals surface area contributed by atoms with Crippen molar-refractivity contribution in [3.63, 3.8) is 0 Å². The molecule has 7 heteroatoms. The molecule has 0 aliphatic carbocycles. The van der Waals surface area contributed by atoms with Crippen LogP contribution in [-0.4, -0.2) is 17.1 Å². The Balaban J connectivity index is 2.48. The highest BCUT2D eigenvalue weighted by atomic mass is 127. The molecule has 0 unspecified atom stereocenters. The number of rotatable bonds is 3. The van der Waals surface area contributed by atoms with E-state index in [1.54, 1.807) is 18.4 Å². The predicted octanol–water partition coefficient (Wildman–Crippen LogP) is 4.37. The van der Waals surface area contributed by atoms with Gasteiger partial charge in [-0.1, -0.05) is 11.6 Å². The van der Waals surface area contributed by atoms with Crippen LogP contribution in [0.15, 0.2) is 15.9 Å². The monoisotopic (exact) mass is 444 g/mol. The van der Waals surface area contributed by atoms with Gasteiger partial charge in [0.25, 0.3) is 0 Å². The van der Waals surface area contributed by atoms with Crippen molar-refractivity contribution < 1.29 is 4.74 Å². The number of hydrogen-bond acceptors (Lipinski definition) is 4. The van der Waals surface area contributed by atoms with Crippen molar-refractivity contribution in [1.82, 2.24) is 9.97 Å². The first-order valence-electron chi connectivity index (χ1n) is 4.57. The molecular formula is C10H7BrClIN2OS. The molecule has 90 valence electrons. The van der Waals surface area contributed by atoms with E-state index >= 15 is 0 Å². The zero-order valence-electron chi connectivity index (χ0n) is 8.71. The number of methoxy groups -OCH3 is 1. The Morgan fingerprint density at radius 1 is 1.53 bits per heavy atom. The normalized spacial score (nSPS) is 10.8. The van der Waals surface area contributed by atoms with Crippen LogP contribution < -0.4 is 0 Å². The summed E-state index contributed by atoms with van der Waals surface area (Å²) in [4.78, 5) is 9.73. The molecule has 17 heavy (non-hydrogen) atoms. The van der Waals surface area contributed by atoms with Crippen molar-refractivity contribution in [3.05, 3.63) is 30.3 Å². The summed E-state index contributed by atoms with van der Waals surface area (Å²) in [5.74, 6) is 0.637. The molecule has 0 atom stereocenters. The second-order valence-electron chi connectivity index (χ2n) is 3.16. The van der Waals surface area contributed by atoms with Gasteiger partial charge in [0.15, 0.2) is 5.82 Å². The molecule has 0 amide bonds. The summed E-state index contributed by atoms with van der Waals surface area (Å²) in [5.41, 5.74) is 0.813. The van der Waals surface area contributed by atoms with Crippen molar-refractivity contribution >= 4 is 61.5 Å². The maximum absolute atomic E-state index is 6.09. The Labute approximate surface area is 130 Å². The largest absolute Gasteiger partial charge is 0.378 e. The van der Waals surface area contributed by atoms with E-state index in [0.717, 1.165) is 18.6 Å². The van der Waals surface area contributed by atoms with Gasteiger partial charge in [-0.25, -0.2) is 9.97 Å². The number of aromatic nitrogens is 2. The minimum absolute atomic E-state index is 0.431. The number of hydrogen-bond donors (Lipinski definition) is 0. The first kappa shape index (κ1) is 13.7. The molecule has 3 nitrogen and oxygen atoms in total. The summed E-state index contributed by atoms with van der Waals surface area (Å²) in [6.45, 7) is 0.431. The lowest BCUT2D eigenvalue weighted by molar-refractivity contribution is 0.181. The van der Waals surface area contributed by atoms with Gasteiger partial charge in [0.1, 0.15) is 5.15 Å². The molecule has 0 spiro atoms. The summed E-state index contributed by atoms with van der Waals surface area (Å²) < 4.78 is 6.96. The summed E-state index contributed by atoms with van der Waals surface area (Å²) in [7, 11) is 1.63. The number of halogens is 3. The van der Waals surface area contributed by atoms with Gasteiger partial charge in [-0.15, -0.1) is 11.3 Å². The Morgan fingerprint density at radius 3 is 2.88 bits per heavy atom. The third kappa shape index (κ3) is 3.17. The molecule has 2 aromatic rings. The standard InChI is InChI=1S/C10H7BrClIN2OS/c1-16-3-6-8(13)9(12)15-10(14-6)7-2-5(11)4-17-7/h2,4H,3H2,1H3. The van der Waals surface area contributed by atoms with Crippen molar-refractivity contribution in [2.24, 2.45) is 0 Å². The van der Waals surface area contributed by atoms with E-state index in [1.165, 1.54) is 0 Å². The molecule has 0 aliphatic rings. The predicted molar refractivity (Wildman–Crippen MR) is 81.5 cm³/mol. The molecule has 0 saturated heterocycles. The van der Waals surface area contributed by atoms with E-state index in [9.17, 15) is 0 Å². The maximum atomic E-state index is 6.09. The fraction of sp³-hybridized carbons (Fsp3) is 0.200. The minimum atomic E-state index is 0.431. The van der Waals surface area contributed by atoms with Gasteiger partial charge in [0.2, 0.25) is 0 Å². The van der Waals surface area contributed by atoms with Crippen LogP contribution >= 0.6 is 61.5 Å². The average molecular weight is 446 g/mol. The summed E-state index contributed by atoms with van der Waals surface area (Å²) >= 11 is 13.2. The second kappa shape index (κ2) is 5.92. The van der Waals surface area contributed by atoms with Gasteiger partial charge in [0.05, 0.1) is 20.7 Å². The third-order valence-electron chi connectivity index (χ3n) is 1.95. The first-order valence-corrected chi connectivity index (χ1v) is 7.70. The molecular weight excluding hydrogens is 438 g/mol. The van der Waals surface area contributed by atoms with Crippen LogP contribution in [0.3, 0.4) is 0 Å². The fourth-order valence-electron chi connectivity index (χ4n) is 1.24. The van der Waals surface area contributed by atoms with Crippen molar-refractivity contribution in [2.45, 2.75) is 6.61 Å². The van der Waals surface area contributed by atoms with Crippen LogP contribution in [0.1, 0.15) is 5.69 Å². The van der Waals surface area contributed by atoms with E-state index in [2.05, 4.69) is 48.5 Å². The number of nitrogens with zero attached hydrogens (tertiary/aromatic N) is 2. The maximum Gasteiger partial charge on any atom is 0.171 e. The van der Waals surface area contributed by atoms with Gasteiger partial charge >= 0.3 is 0 Å². The van der Waals surface area contributed by atoms with Gasteiger partial charge < -0.3 is 4.74 Å². The zero-order chi connectivity index (χ0) is 12.4. The summed E-state index contributed by atoms with van der Waals surface area (Å²) in [5, 5.41) is 2.45. The Kier molecular flexibility index (Phi) is 4.76.